The van der Waals surface area contributed by atoms with Gasteiger partial charge in [-0.2, -0.15) is 0 Å². The highest BCUT2D eigenvalue weighted by Crippen LogP contribution is 2.21. The molecule has 0 bridgehead atoms. The fourth-order valence-electron chi connectivity index (χ4n) is 1.51. The van der Waals surface area contributed by atoms with Crippen molar-refractivity contribution in [3.63, 3.8) is 0 Å². The quantitative estimate of drug-likeness (QED) is 0.836. The zero-order chi connectivity index (χ0) is 13.8. The van der Waals surface area contributed by atoms with Gasteiger partial charge in [0.25, 0.3) is 0 Å². The Balaban J connectivity index is 3.34. The van der Waals surface area contributed by atoms with Gasteiger partial charge in [0.2, 0.25) is 0 Å². The van der Waals surface area contributed by atoms with Crippen molar-refractivity contribution in [2.24, 2.45) is 4.36 Å². The molecule has 0 aliphatic rings. The maximum absolute atomic E-state index is 13.1. The summed E-state index contributed by atoms with van der Waals surface area (Å²) in [7, 11) is -0.709. The molecule has 0 spiro atoms. The molecule has 1 unspecified atom stereocenters. The zero-order valence-electron chi connectivity index (χ0n) is 11.6. The van der Waals surface area contributed by atoms with Crippen molar-refractivity contribution in [2.45, 2.75) is 38.1 Å². The Morgan fingerprint density at radius 3 is 2.61 bits per heavy atom. The Hall–Kier alpha value is -1.07. The predicted molar refractivity (Wildman–Crippen MR) is 77.7 cm³/mol. The van der Waals surface area contributed by atoms with Crippen LogP contribution in [0.4, 0.5) is 5.69 Å². The van der Waals surface area contributed by atoms with Crippen LogP contribution in [-0.2, 0) is 9.92 Å². The number of nitrogens with zero attached hydrogens (tertiary/aromatic N) is 2. The van der Waals surface area contributed by atoms with Crippen LogP contribution in [0.1, 0.15) is 27.2 Å². The van der Waals surface area contributed by atoms with Gasteiger partial charge in [-0.05, 0) is 38.5 Å². The lowest BCUT2D eigenvalue weighted by Gasteiger charge is -2.25. The van der Waals surface area contributed by atoms with Crippen LogP contribution in [0.5, 0.6) is 0 Å². The maximum atomic E-state index is 13.1. The average molecular weight is 269 g/mol. The van der Waals surface area contributed by atoms with Crippen molar-refractivity contribution >= 4 is 15.6 Å². The largest absolute Gasteiger partial charge is 0.399 e. The Bertz CT molecular complexity index is 505. The summed E-state index contributed by atoms with van der Waals surface area (Å²) in [5, 5.41) is 0. The van der Waals surface area contributed by atoms with Gasteiger partial charge in [0.1, 0.15) is 9.92 Å². The molecule has 0 fully saturated rings. The van der Waals surface area contributed by atoms with E-state index in [0.717, 1.165) is 6.42 Å². The molecule has 4 nitrogen and oxygen atoms in total. The van der Waals surface area contributed by atoms with Crippen molar-refractivity contribution in [3.05, 3.63) is 24.3 Å². The van der Waals surface area contributed by atoms with E-state index >= 15 is 0 Å². The molecular formula is C13H23N3OS. The summed E-state index contributed by atoms with van der Waals surface area (Å²) in [6, 6.07) is 7.34. The van der Waals surface area contributed by atoms with E-state index in [4.69, 9.17) is 5.73 Å². The number of anilines is 1. The van der Waals surface area contributed by atoms with Gasteiger partial charge in [-0.25, -0.2) is 12.9 Å². The first-order chi connectivity index (χ1) is 8.41. The fraction of sp³-hybridized carbons (Fsp3) is 0.538. The van der Waals surface area contributed by atoms with Gasteiger partial charge in [0.15, 0.2) is 0 Å². The number of hydrogen-bond donors (Lipinski definition) is 1. The highest BCUT2D eigenvalue weighted by Gasteiger charge is 2.21. The van der Waals surface area contributed by atoms with E-state index < -0.39 is 9.92 Å². The second kappa shape index (κ2) is 6.20. The van der Waals surface area contributed by atoms with Crippen molar-refractivity contribution in [2.75, 3.05) is 19.3 Å². The summed E-state index contributed by atoms with van der Waals surface area (Å²) in [5.41, 5.74) is 6.39. The molecule has 102 valence electrons. The van der Waals surface area contributed by atoms with E-state index in [9.17, 15) is 4.21 Å². The van der Waals surface area contributed by atoms with Crippen LogP contribution in [0.3, 0.4) is 0 Å². The molecule has 1 atom stereocenters. The Labute approximate surface area is 110 Å². The lowest BCUT2D eigenvalue weighted by molar-refractivity contribution is 0.436. The minimum Gasteiger partial charge on any atom is -0.399 e. The van der Waals surface area contributed by atoms with Crippen LogP contribution in [-0.4, -0.2) is 28.1 Å². The van der Waals surface area contributed by atoms with Crippen LogP contribution in [0.25, 0.3) is 0 Å². The monoisotopic (exact) mass is 269 g/mol. The molecule has 1 rings (SSSR count). The van der Waals surface area contributed by atoms with Gasteiger partial charge in [0, 0.05) is 25.3 Å². The molecule has 0 saturated heterocycles. The minimum absolute atomic E-state index is 0.152. The summed E-state index contributed by atoms with van der Waals surface area (Å²) in [6.45, 7) is 6.63. The average Bonchev–Trinajstić information content (AvgIpc) is 2.34. The third-order valence-electron chi connectivity index (χ3n) is 2.77. The molecule has 18 heavy (non-hydrogen) atoms. The first-order valence-corrected chi connectivity index (χ1v) is 7.70. The van der Waals surface area contributed by atoms with E-state index in [2.05, 4.69) is 4.36 Å². The molecule has 0 saturated carbocycles. The van der Waals surface area contributed by atoms with Gasteiger partial charge in [-0.15, -0.1) is 0 Å². The summed E-state index contributed by atoms with van der Waals surface area (Å²) in [6.07, 6.45) is 0.880. The van der Waals surface area contributed by atoms with Gasteiger partial charge in [-0.3, -0.25) is 0 Å². The molecular weight excluding hydrogens is 246 g/mol. The van der Waals surface area contributed by atoms with E-state index in [1.807, 2.05) is 44.3 Å². The summed E-state index contributed by atoms with van der Waals surface area (Å²) < 4.78 is 19.4. The molecule has 1 aromatic rings. The highest BCUT2D eigenvalue weighted by atomic mass is 32.2. The summed E-state index contributed by atoms with van der Waals surface area (Å²) in [5.74, 6) is 0. The van der Waals surface area contributed by atoms with Crippen LogP contribution >= 0.6 is 0 Å². The third kappa shape index (κ3) is 3.23. The van der Waals surface area contributed by atoms with Gasteiger partial charge in [0.05, 0.1) is 4.90 Å². The van der Waals surface area contributed by atoms with E-state index in [-0.39, 0.29) is 6.04 Å². The Morgan fingerprint density at radius 1 is 1.44 bits per heavy atom. The molecule has 0 radical (unpaired) electrons. The predicted octanol–water partition coefficient (Wildman–Crippen LogP) is 2.76. The maximum Gasteiger partial charge on any atom is 0.139 e. The summed E-state index contributed by atoms with van der Waals surface area (Å²) in [4.78, 5) is 0.687. The normalized spacial score (nSPS) is 14.8. The SMILES string of the molecule is CCCN=S(=O)(c1cccc(N)c1)N(C)C(C)C. The molecule has 2 N–H and O–H groups in total. The van der Waals surface area contributed by atoms with Crippen LogP contribution < -0.4 is 5.73 Å². The summed E-state index contributed by atoms with van der Waals surface area (Å²) >= 11 is 0. The lowest BCUT2D eigenvalue weighted by Crippen LogP contribution is -2.33. The van der Waals surface area contributed by atoms with Gasteiger partial charge < -0.3 is 5.73 Å². The van der Waals surface area contributed by atoms with E-state index in [1.54, 1.807) is 12.1 Å². The fourth-order valence-corrected chi connectivity index (χ4v) is 3.72. The van der Waals surface area contributed by atoms with Crippen LogP contribution in [0.15, 0.2) is 33.5 Å². The third-order valence-corrected chi connectivity index (χ3v) is 5.38. The molecule has 0 amide bonds. The second-order valence-corrected chi connectivity index (χ2v) is 6.86. The van der Waals surface area contributed by atoms with Gasteiger partial charge in [-0.1, -0.05) is 13.0 Å². The van der Waals surface area contributed by atoms with E-state index in [1.165, 1.54) is 0 Å². The topological polar surface area (TPSA) is 58.7 Å². The highest BCUT2D eigenvalue weighted by molar-refractivity contribution is 7.91. The molecule has 5 heteroatoms. The smallest absolute Gasteiger partial charge is 0.139 e. The second-order valence-electron chi connectivity index (χ2n) is 4.56. The van der Waals surface area contributed by atoms with Gasteiger partial charge >= 0.3 is 0 Å². The number of rotatable bonds is 5. The molecule has 0 heterocycles. The Kier molecular flexibility index (Phi) is 5.16. The van der Waals surface area contributed by atoms with E-state index in [0.29, 0.717) is 17.1 Å². The van der Waals surface area contributed by atoms with Crippen LogP contribution in [0, 0.1) is 0 Å². The number of benzene rings is 1. The van der Waals surface area contributed by atoms with Crippen LogP contribution in [0.2, 0.25) is 0 Å². The number of hydrogen-bond acceptors (Lipinski definition) is 3. The van der Waals surface area contributed by atoms with Crippen molar-refractivity contribution in [3.8, 4) is 0 Å². The molecule has 1 aromatic carbocycles. The van der Waals surface area contributed by atoms with Crippen molar-refractivity contribution in [1.29, 1.82) is 0 Å². The zero-order valence-corrected chi connectivity index (χ0v) is 12.4. The molecule has 0 aliphatic heterocycles. The standard InChI is InChI=1S/C13H23N3OS/c1-5-9-15-18(17,16(4)11(2)3)13-8-6-7-12(14)10-13/h6-8,10-11H,5,9,14H2,1-4H3. The first kappa shape index (κ1) is 15.0. The number of nitrogen functional groups attached to an aromatic ring is 1. The lowest BCUT2D eigenvalue weighted by atomic mass is 10.3. The van der Waals surface area contributed by atoms with Crippen molar-refractivity contribution < 1.29 is 4.21 Å². The first-order valence-electron chi connectivity index (χ1n) is 6.23. The van der Waals surface area contributed by atoms with Crippen molar-refractivity contribution in [1.82, 2.24) is 4.31 Å². The molecule has 0 aliphatic carbocycles. The Morgan fingerprint density at radius 2 is 2.11 bits per heavy atom. The molecule has 0 aromatic heterocycles. The number of nitrogens with two attached hydrogens (primary N) is 1. The minimum atomic E-state index is -2.55.